The highest BCUT2D eigenvalue weighted by Crippen LogP contribution is 2.25. The number of allylic oxidation sites excluding steroid dienone is 1. The zero-order chi connectivity index (χ0) is 18.3. The number of aromatic nitrogens is 3. The van der Waals surface area contributed by atoms with E-state index >= 15 is 0 Å². The summed E-state index contributed by atoms with van der Waals surface area (Å²) in [6.07, 6.45) is 3.86. The number of hydrogen-bond acceptors (Lipinski definition) is 5. The highest BCUT2D eigenvalue weighted by Gasteiger charge is 2.20. The Morgan fingerprint density at radius 3 is 2.96 bits per heavy atom. The molecule has 0 aliphatic carbocycles. The summed E-state index contributed by atoms with van der Waals surface area (Å²) in [5.41, 5.74) is 9.42. The van der Waals surface area contributed by atoms with Gasteiger partial charge >= 0.3 is 0 Å². The van der Waals surface area contributed by atoms with Crippen LogP contribution in [-0.4, -0.2) is 20.5 Å². The first-order chi connectivity index (χ1) is 12.5. The number of nitrogens with zero attached hydrogens (tertiary/aromatic N) is 3. The SMILES string of the molecule is C=C1C/C(=C\c2cnn3c(N)cc(Nc4cccc(Cl)c4)nc23)C(=O)N1. The van der Waals surface area contributed by atoms with Gasteiger partial charge in [-0.25, -0.2) is 4.98 Å². The molecule has 0 saturated carbocycles. The van der Waals surface area contributed by atoms with Crippen molar-refractivity contribution in [1.29, 1.82) is 0 Å². The molecular weight excluding hydrogens is 352 g/mol. The quantitative estimate of drug-likeness (QED) is 0.619. The van der Waals surface area contributed by atoms with E-state index in [1.807, 2.05) is 12.1 Å². The first-order valence-corrected chi connectivity index (χ1v) is 8.24. The summed E-state index contributed by atoms with van der Waals surface area (Å²) in [6.45, 7) is 3.78. The summed E-state index contributed by atoms with van der Waals surface area (Å²) in [7, 11) is 0. The monoisotopic (exact) mass is 366 g/mol. The lowest BCUT2D eigenvalue weighted by atomic mass is 10.1. The number of halogens is 1. The topological polar surface area (TPSA) is 97.3 Å². The summed E-state index contributed by atoms with van der Waals surface area (Å²) < 4.78 is 1.53. The van der Waals surface area contributed by atoms with Gasteiger partial charge in [-0.3, -0.25) is 4.79 Å². The van der Waals surface area contributed by atoms with Crippen molar-refractivity contribution >= 4 is 46.6 Å². The number of carbonyl (C=O) groups excluding carboxylic acids is 1. The molecule has 0 atom stereocenters. The summed E-state index contributed by atoms with van der Waals surface area (Å²) >= 11 is 6.01. The Labute approximate surface area is 154 Å². The lowest BCUT2D eigenvalue weighted by Gasteiger charge is -2.08. The van der Waals surface area contributed by atoms with E-state index in [9.17, 15) is 4.79 Å². The van der Waals surface area contributed by atoms with Gasteiger partial charge in [0.15, 0.2) is 5.65 Å². The third kappa shape index (κ3) is 3.00. The first kappa shape index (κ1) is 16.2. The number of nitrogens with two attached hydrogens (primary N) is 1. The second-order valence-electron chi connectivity index (χ2n) is 5.94. The van der Waals surface area contributed by atoms with Crippen LogP contribution in [0, 0.1) is 0 Å². The third-order valence-electron chi connectivity index (χ3n) is 3.94. The number of nitrogen functional groups attached to an aromatic ring is 1. The molecule has 2 aromatic heterocycles. The van der Waals surface area contributed by atoms with Crippen molar-refractivity contribution in [2.45, 2.75) is 6.42 Å². The van der Waals surface area contributed by atoms with E-state index in [1.165, 1.54) is 4.52 Å². The second-order valence-corrected chi connectivity index (χ2v) is 6.38. The number of nitrogens with one attached hydrogen (secondary N) is 2. The normalized spacial score (nSPS) is 15.7. The molecule has 4 N–H and O–H groups in total. The Hall–Kier alpha value is -3.32. The lowest BCUT2D eigenvalue weighted by molar-refractivity contribution is -0.115. The summed E-state index contributed by atoms with van der Waals surface area (Å²) in [5.74, 6) is 0.817. The van der Waals surface area contributed by atoms with Gasteiger partial charge in [0.05, 0.1) is 6.20 Å². The molecule has 3 heterocycles. The van der Waals surface area contributed by atoms with Crippen LogP contribution in [-0.2, 0) is 4.79 Å². The van der Waals surface area contributed by atoms with Crippen LogP contribution in [0.15, 0.2) is 54.4 Å². The van der Waals surface area contributed by atoms with Gasteiger partial charge in [0.2, 0.25) is 0 Å². The Balaban J connectivity index is 1.75. The molecule has 1 fully saturated rings. The van der Waals surface area contributed by atoms with Crippen molar-refractivity contribution in [2.75, 3.05) is 11.1 Å². The van der Waals surface area contributed by atoms with Crippen molar-refractivity contribution < 1.29 is 4.79 Å². The maximum atomic E-state index is 11.9. The van der Waals surface area contributed by atoms with Gasteiger partial charge in [-0.15, -0.1) is 0 Å². The van der Waals surface area contributed by atoms with E-state index in [1.54, 1.807) is 30.5 Å². The van der Waals surface area contributed by atoms with Crippen LogP contribution in [0.5, 0.6) is 0 Å². The van der Waals surface area contributed by atoms with E-state index in [0.29, 0.717) is 45.6 Å². The van der Waals surface area contributed by atoms with E-state index in [4.69, 9.17) is 17.3 Å². The summed E-state index contributed by atoms with van der Waals surface area (Å²) in [4.78, 5) is 16.5. The van der Waals surface area contributed by atoms with Crippen molar-refractivity contribution in [3.8, 4) is 0 Å². The third-order valence-corrected chi connectivity index (χ3v) is 4.17. The first-order valence-electron chi connectivity index (χ1n) is 7.86. The predicted octanol–water partition coefficient (Wildman–Crippen LogP) is 3.13. The molecule has 1 saturated heterocycles. The van der Waals surface area contributed by atoms with Crippen molar-refractivity contribution in [3.63, 3.8) is 0 Å². The Kier molecular flexibility index (Phi) is 3.85. The molecule has 1 aliphatic heterocycles. The zero-order valence-electron chi connectivity index (χ0n) is 13.7. The number of hydrogen-bond donors (Lipinski definition) is 3. The van der Waals surface area contributed by atoms with Gasteiger partial charge in [-0.2, -0.15) is 9.61 Å². The standard InChI is InChI=1S/C18H15ClN6O/c1-10-5-11(18(26)22-10)6-12-9-21-25-15(20)8-16(24-17(12)25)23-14-4-2-3-13(19)7-14/h2-4,6-9H,1,5,20H2,(H,22,26)(H,23,24)/b11-6+. The molecule has 1 aliphatic rings. The molecule has 26 heavy (non-hydrogen) atoms. The van der Waals surface area contributed by atoms with Crippen LogP contribution in [0.2, 0.25) is 5.02 Å². The molecule has 0 radical (unpaired) electrons. The van der Waals surface area contributed by atoms with Crippen LogP contribution in [0.4, 0.5) is 17.3 Å². The van der Waals surface area contributed by atoms with Gasteiger partial charge in [0.1, 0.15) is 11.6 Å². The number of amides is 1. The molecule has 4 rings (SSSR count). The maximum absolute atomic E-state index is 11.9. The van der Waals surface area contributed by atoms with Gasteiger partial charge in [0, 0.05) is 40.0 Å². The van der Waals surface area contributed by atoms with Gasteiger partial charge in [-0.1, -0.05) is 24.2 Å². The largest absolute Gasteiger partial charge is 0.383 e. The van der Waals surface area contributed by atoms with E-state index in [2.05, 4.69) is 27.3 Å². The molecule has 130 valence electrons. The predicted molar refractivity (Wildman–Crippen MR) is 102 cm³/mol. The minimum Gasteiger partial charge on any atom is -0.383 e. The molecule has 0 unspecified atom stereocenters. The zero-order valence-corrected chi connectivity index (χ0v) is 14.4. The smallest absolute Gasteiger partial charge is 0.251 e. The van der Waals surface area contributed by atoms with Crippen molar-refractivity contribution in [1.82, 2.24) is 19.9 Å². The Bertz CT molecular complexity index is 1080. The number of rotatable bonds is 3. The molecule has 1 aromatic carbocycles. The van der Waals surface area contributed by atoms with Gasteiger partial charge < -0.3 is 16.4 Å². The van der Waals surface area contributed by atoms with Crippen molar-refractivity contribution in [2.24, 2.45) is 0 Å². The molecule has 1 amide bonds. The van der Waals surface area contributed by atoms with Gasteiger partial charge in [0.25, 0.3) is 5.91 Å². The van der Waals surface area contributed by atoms with Crippen LogP contribution in [0.3, 0.4) is 0 Å². The lowest BCUT2D eigenvalue weighted by Crippen LogP contribution is -2.12. The fourth-order valence-electron chi connectivity index (χ4n) is 2.78. The molecule has 8 heteroatoms. The molecule has 0 bridgehead atoms. The number of benzene rings is 1. The van der Waals surface area contributed by atoms with E-state index in [0.717, 1.165) is 5.69 Å². The van der Waals surface area contributed by atoms with Crippen LogP contribution >= 0.6 is 11.6 Å². The molecule has 7 nitrogen and oxygen atoms in total. The average molecular weight is 367 g/mol. The van der Waals surface area contributed by atoms with Crippen LogP contribution < -0.4 is 16.4 Å². The molecule has 0 spiro atoms. The van der Waals surface area contributed by atoms with E-state index in [-0.39, 0.29) is 5.91 Å². The maximum Gasteiger partial charge on any atom is 0.251 e. The second kappa shape index (κ2) is 6.20. The minimum absolute atomic E-state index is 0.157. The number of anilines is 3. The number of carbonyl (C=O) groups is 1. The minimum atomic E-state index is -0.157. The highest BCUT2D eigenvalue weighted by molar-refractivity contribution is 6.30. The fraction of sp³-hybridized carbons (Fsp3) is 0.0556. The van der Waals surface area contributed by atoms with Gasteiger partial charge in [-0.05, 0) is 24.3 Å². The van der Waals surface area contributed by atoms with Crippen LogP contribution in [0.25, 0.3) is 11.7 Å². The molecular formula is C18H15ClN6O. The van der Waals surface area contributed by atoms with E-state index < -0.39 is 0 Å². The molecule has 3 aromatic rings. The summed E-state index contributed by atoms with van der Waals surface area (Å²) in [6, 6.07) is 8.98. The average Bonchev–Trinajstić information content (AvgIpc) is 3.11. The fourth-order valence-corrected chi connectivity index (χ4v) is 2.97. The Morgan fingerprint density at radius 2 is 2.23 bits per heavy atom. The summed E-state index contributed by atoms with van der Waals surface area (Å²) in [5, 5.41) is 10.7. The highest BCUT2D eigenvalue weighted by atomic mass is 35.5. The Morgan fingerprint density at radius 1 is 1.38 bits per heavy atom. The number of fused-ring (bicyclic) bond motifs is 1. The van der Waals surface area contributed by atoms with Crippen LogP contribution in [0.1, 0.15) is 12.0 Å². The van der Waals surface area contributed by atoms with Crippen molar-refractivity contribution in [3.05, 3.63) is 65.0 Å².